The van der Waals surface area contributed by atoms with Gasteiger partial charge >= 0.3 is 0 Å². The SMILES string of the molecule is CNC(c1ccc(C)c(C)c1)C1COc2ccccc2C1. The van der Waals surface area contributed by atoms with Crippen LogP contribution in [0.4, 0.5) is 0 Å². The molecule has 0 saturated carbocycles. The van der Waals surface area contributed by atoms with E-state index in [1.165, 1.54) is 22.3 Å². The molecule has 2 atom stereocenters. The molecule has 0 amide bonds. The maximum atomic E-state index is 5.95. The van der Waals surface area contributed by atoms with E-state index in [1.807, 2.05) is 13.1 Å². The van der Waals surface area contributed by atoms with Gasteiger partial charge in [-0.05, 0) is 55.6 Å². The molecule has 0 fully saturated rings. The Morgan fingerprint density at radius 3 is 2.67 bits per heavy atom. The summed E-state index contributed by atoms with van der Waals surface area (Å²) < 4.78 is 5.95. The molecule has 2 aromatic rings. The van der Waals surface area contributed by atoms with Crippen LogP contribution in [-0.4, -0.2) is 13.7 Å². The Labute approximate surface area is 127 Å². The van der Waals surface area contributed by atoms with Crippen molar-refractivity contribution in [3.05, 3.63) is 64.7 Å². The second-order valence-electron chi connectivity index (χ2n) is 5.99. The number of nitrogens with one attached hydrogen (secondary N) is 1. The molecular formula is C19H23NO. The van der Waals surface area contributed by atoms with Crippen LogP contribution in [0, 0.1) is 19.8 Å². The summed E-state index contributed by atoms with van der Waals surface area (Å²) in [6, 6.07) is 15.5. The number of para-hydroxylation sites is 1. The van der Waals surface area contributed by atoms with E-state index in [2.05, 4.69) is 55.6 Å². The molecule has 110 valence electrons. The second-order valence-corrected chi connectivity index (χ2v) is 5.99. The van der Waals surface area contributed by atoms with Crippen LogP contribution in [0.1, 0.15) is 28.3 Å². The van der Waals surface area contributed by atoms with Gasteiger partial charge in [-0.15, -0.1) is 0 Å². The third-order valence-electron chi connectivity index (χ3n) is 4.58. The lowest BCUT2D eigenvalue weighted by atomic mass is 9.86. The van der Waals surface area contributed by atoms with Crippen molar-refractivity contribution in [3.63, 3.8) is 0 Å². The van der Waals surface area contributed by atoms with Gasteiger partial charge in [-0.3, -0.25) is 0 Å². The molecule has 0 saturated heterocycles. The van der Waals surface area contributed by atoms with Crippen molar-refractivity contribution < 1.29 is 4.74 Å². The minimum absolute atomic E-state index is 0.331. The van der Waals surface area contributed by atoms with Crippen LogP contribution in [0.15, 0.2) is 42.5 Å². The lowest BCUT2D eigenvalue weighted by molar-refractivity contribution is 0.188. The Bertz CT molecular complexity index is 635. The molecule has 2 aromatic carbocycles. The number of rotatable bonds is 3. The van der Waals surface area contributed by atoms with E-state index >= 15 is 0 Å². The number of ether oxygens (including phenoxy) is 1. The van der Waals surface area contributed by atoms with Crippen LogP contribution >= 0.6 is 0 Å². The van der Waals surface area contributed by atoms with Gasteiger partial charge in [0.15, 0.2) is 0 Å². The van der Waals surface area contributed by atoms with Gasteiger partial charge in [0.25, 0.3) is 0 Å². The van der Waals surface area contributed by atoms with E-state index < -0.39 is 0 Å². The molecule has 3 rings (SSSR count). The smallest absolute Gasteiger partial charge is 0.122 e. The van der Waals surface area contributed by atoms with Crippen molar-refractivity contribution in [1.29, 1.82) is 0 Å². The average Bonchev–Trinajstić information content (AvgIpc) is 2.51. The summed E-state index contributed by atoms with van der Waals surface area (Å²) in [5.41, 5.74) is 5.37. The molecule has 2 unspecified atom stereocenters. The van der Waals surface area contributed by atoms with Gasteiger partial charge in [0.05, 0.1) is 6.61 Å². The topological polar surface area (TPSA) is 21.3 Å². The number of hydrogen-bond donors (Lipinski definition) is 1. The van der Waals surface area contributed by atoms with Gasteiger partial charge in [0, 0.05) is 12.0 Å². The fourth-order valence-electron chi connectivity index (χ4n) is 3.20. The lowest BCUT2D eigenvalue weighted by Crippen LogP contribution is -2.33. The highest BCUT2D eigenvalue weighted by atomic mass is 16.5. The Hall–Kier alpha value is -1.80. The van der Waals surface area contributed by atoms with Gasteiger partial charge < -0.3 is 10.1 Å². The van der Waals surface area contributed by atoms with E-state index in [1.54, 1.807) is 0 Å². The molecule has 2 heteroatoms. The Morgan fingerprint density at radius 1 is 1.10 bits per heavy atom. The number of benzene rings is 2. The number of fused-ring (bicyclic) bond motifs is 1. The van der Waals surface area contributed by atoms with Crippen LogP contribution in [0.5, 0.6) is 5.75 Å². The van der Waals surface area contributed by atoms with Crippen molar-refractivity contribution in [1.82, 2.24) is 5.32 Å². The quantitative estimate of drug-likeness (QED) is 0.923. The minimum atomic E-state index is 0.331. The van der Waals surface area contributed by atoms with Gasteiger partial charge in [0.2, 0.25) is 0 Å². The third-order valence-corrected chi connectivity index (χ3v) is 4.58. The fraction of sp³-hybridized carbons (Fsp3) is 0.368. The maximum absolute atomic E-state index is 5.95. The zero-order valence-corrected chi connectivity index (χ0v) is 13.0. The number of hydrogen-bond acceptors (Lipinski definition) is 2. The standard InChI is InChI=1S/C19H23NO/c1-13-8-9-16(10-14(13)2)19(20-3)17-11-15-6-4-5-7-18(15)21-12-17/h4-10,17,19-20H,11-12H2,1-3H3. The summed E-state index contributed by atoms with van der Waals surface area (Å²) in [5.74, 6) is 1.51. The Kier molecular flexibility index (Phi) is 3.98. The Morgan fingerprint density at radius 2 is 1.90 bits per heavy atom. The predicted molar refractivity (Wildman–Crippen MR) is 86.8 cm³/mol. The van der Waals surface area contributed by atoms with Crippen molar-refractivity contribution in [3.8, 4) is 5.75 Å². The first-order valence-corrected chi connectivity index (χ1v) is 7.64. The van der Waals surface area contributed by atoms with Gasteiger partial charge in [-0.2, -0.15) is 0 Å². The van der Waals surface area contributed by atoms with Crippen LogP contribution in [0.3, 0.4) is 0 Å². The maximum Gasteiger partial charge on any atom is 0.122 e. The largest absolute Gasteiger partial charge is 0.493 e. The van der Waals surface area contributed by atoms with Crippen molar-refractivity contribution in [2.45, 2.75) is 26.3 Å². The van der Waals surface area contributed by atoms with E-state index in [9.17, 15) is 0 Å². The van der Waals surface area contributed by atoms with E-state index in [0.29, 0.717) is 12.0 Å². The first kappa shape index (κ1) is 14.2. The first-order valence-electron chi connectivity index (χ1n) is 7.64. The summed E-state index contributed by atoms with van der Waals surface area (Å²) in [7, 11) is 2.04. The predicted octanol–water partition coefficient (Wildman–Crippen LogP) is 3.82. The summed E-state index contributed by atoms with van der Waals surface area (Å²) in [5, 5.41) is 3.49. The normalized spacial score (nSPS) is 18.7. The summed E-state index contributed by atoms with van der Waals surface area (Å²) in [4.78, 5) is 0. The number of aryl methyl sites for hydroxylation is 2. The van der Waals surface area contributed by atoms with Crippen LogP contribution in [-0.2, 0) is 6.42 Å². The van der Waals surface area contributed by atoms with Gasteiger partial charge in [-0.1, -0.05) is 36.4 Å². The third kappa shape index (κ3) is 2.81. The zero-order chi connectivity index (χ0) is 14.8. The molecule has 0 aliphatic carbocycles. The molecule has 1 aliphatic heterocycles. The Balaban J connectivity index is 1.86. The monoisotopic (exact) mass is 281 g/mol. The average molecular weight is 281 g/mol. The molecule has 0 bridgehead atoms. The summed E-state index contributed by atoms with van der Waals surface area (Å²) in [6.07, 6.45) is 1.06. The highest BCUT2D eigenvalue weighted by Crippen LogP contribution is 2.33. The highest BCUT2D eigenvalue weighted by Gasteiger charge is 2.27. The van der Waals surface area contributed by atoms with Crippen molar-refractivity contribution in [2.24, 2.45) is 5.92 Å². The van der Waals surface area contributed by atoms with Crippen molar-refractivity contribution in [2.75, 3.05) is 13.7 Å². The van der Waals surface area contributed by atoms with E-state index in [4.69, 9.17) is 4.74 Å². The van der Waals surface area contributed by atoms with E-state index in [-0.39, 0.29) is 0 Å². The molecule has 0 spiro atoms. The van der Waals surface area contributed by atoms with Gasteiger partial charge in [0.1, 0.15) is 5.75 Å². The lowest BCUT2D eigenvalue weighted by Gasteiger charge is -2.32. The highest BCUT2D eigenvalue weighted by molar-refractivity contribution is 5.37. The first-order chi connectivity index (χ1) is 10.2. The molecule has 0 radical (unpaired) electrons. The van der Waals surface area contributed by atoms with Crippen LogP contribution < -0.4 is 10.1 Å². The van der Waals surface area contributed by atoms with Crippen LogP contribution in [0.25, 0.3) is 0 Å². The van der Waals surface area contributed by atoms with Crippen molar-refractivity contribution >= 4 is 0 Å². The molecule has 1 aliphatic rings. The second kappa shape index (κ2) is 5.90. The van der Waals surface area contributed by atoms with Gasteiger partial charge in [-0.25, -0.2) is 0 Å². The fourth-order valence-corrected chi connectivity index (χ4v) is 3.20. The molecule has 0 aromatic heterocycles. The molecular weight excluding hydrogens is 258 g/mol. The van der Waals surface area contributed by atoms with E-state index in [0.717, 1.165) is 18.8 Å². The summed E-state index contributed by atoms with van der Waals surface area (Å²) >= 11 is 0. The zero-order valence-electron chi connectivity index (χ0n) is 13.0. The minimum Gasteiger partial charge on any atom is -0.493 e. The molecule has 1 N–H and O–H groups in total. The van der Waals surface area contributed by atoms with Crippen LogP contribution in [0.2, 0.25) is 0 Å². The molecule has 2 nitrogen and oxygen atoms in total. The summed E-state index contributed by atoms with van der Waals surface area (Å²) in [6.45, 7) is 5.11. The molecule has 1 heterocycles. The molecule has 21 heavy (non-hydrogen) atoms.